The first-order valence-corrected chi connectivity index (χ1v) is 6.16. The van der Waals surface area contributed by atoms with Gasteiger partial charge in [-0.15, -0.1) is 11.3 Å². The van der Waals surface area contributed by atoms with Gasteiger partial charge in [0, 0.05) is 0 Å². The van der Waals surface area contributed by atoms with Gasteiger partial charge in [0.15, 0.2) is 5.82 Å². The average Bonchev–Trinajstić information content (AvgIpc) is 2.96. The highest BCUT2D eigenvalue weighted by Gasteiger charge is 2.14. The molecule has 17 heavy (non-hydrogen) atoms. The van der Waals surface area contributed by atoms with E-state index >= 15 is 0 Å². The summed E-state index contributed by atoms with van der Waals surface area (Å²) in [6, 6.07) is 9.58. The van der Waals surface area contributed by atoms with E-state index in [1.807, 2.05) is 42.6 Å². The van der Waals surface area contributed by atoms with Crippen molar-refractivity contribution in [3.8, 4) is 0 Å². The molecule has 3 nitrogen and oxygen atoms in total. The van der Waals surface area contributed by atoms with Gasteiger partial charge in [0.25, 0.3) is 0 Å². The Balaban J connectivity index is 2.09. The summed E-state index contributed by atoms with van der Waals surface area (Å²) in [5.74, 6) is 0.363. The maximum absolute atomic E-state index is 12.1. The Morgan fingerprint density at radius 2 is 2.24 bits per heavy atom. The number of hydrogen-bond donors (Lipinski definition) is 1. The molecule has 0 saturated heterocycles. The standard InChI is InChI=1S/C13H10N2OS/c1-8-4-5-9-10(7-8)15-13(14-9)12(16)11-3-2-6-17-11/h2-7H,1H3,(H,14,15). The number of benzene rings is 1. The van der Waals surface area contributed by atoms with Crippen molar-refractivity contribution in [2.75, 3.05) is 0 Å². The SMILES string of the molecule is Cc1ccc2nc(C(=O)c3cccs3)[nH]c2c1. The molecule has 4 heteroatoms. The Labute approximate surface area is 102 Å². The number of nitrogens with one attached hydrogen (secondary N) is 1. The van der Waals surface area contributed by atoms with E-state index in [4.69, 9.17) is 0 Å². The number of H-pyrrole nitrogens is 1. The van der Waals surface area contributed by atoms with Crippen molar-refractivity contribution in [1.82, 2.24) is 9.97 Å². The molecule has 0 bridgehead atoms. The van der Waals surface area contributed by atoms with E-state index in [9.17, 15) is 4.79 Å². The smallest absolute Gasteiger partial charge is 0.238 e. The van der Waals surface area contributed by atoms with Crippen molar-refractivity contribution >= 4 is 28.2 Å². The molecule has 1 aromatic carbocycles. The fourth-order valence-corrected chi connectivity index (χ4v) is 2.42. The van der Waals surface area contributed by atoms with Crippen molar-refractivity contribution in [2.45, 2.75) is 6.92 Å². The topological polar surface area (TPSA) is 45.8 Å². The Hall–Kier alpha value is -1.94. The fourth-order valence-electron chi connectivity index (χ4n) is 1.76. The van der Waals surface area contributed by atoms with Crippen LogP contribution in [0.25, 0.3) is 11.0 Å². The van der Waals surface area contributed by atoms with Gasteiger partial charge in [0.1, 0.15) is 0 Å². The second-order valence-corrected chi connectivity index (χ2v) is 4.86. The fraction of sp³-hybridized carbons (Fsp3) is 0.0769. The van der Waals surface area contributed by atoms with Crippen LogP contribution in [0.1, 0.15) is 21.1 Å². The van der Waals surface area contributed by atoms with E-state index < -0.39 is 0 Å². The molecule has 3 rings (SSSR count). The molecule has 0 aliphatic carbocycles. The number of aromatic amines is 1. The molecule has 0 spiro atoms. The number of hydrogen-bond acceptors (Lipinski definition) is 3. The van der Waals surface area contributed by atoms with Crippen LogP contribution >= 0.6 is 11.3 Å². The Kier molecular flexibility index (Phi) is 2.30. The zero-order chi connectivity index (χ0) is 11.8. The highest BCUT2D eigenvalue weighted by Crippen LogP contribution is 2.17. The number of fused-ring (bicyclic) bond motifs is 1. The maximum atomic E-state index is 12.1. The van der Waals surface area contributed by atoms with Crippen LogP contribution in [0.2, 0.25) is 0 Å². The number of aryl methyl sites for hydroxylation is 1. The van der Waals surface area contributed by atoms with Crippen molar-refractivity contribution in [3.63, 3.8) is 0 Å². The van der Waals surface area contributed by atoms with Crippen LogP contribution in [0.15, 0.2) is 35.7 Å². The van der Waals surface area contributed by atoms with Crippen LogP contribution in [0, 0.1) is 6.92 Å². The number of thiophene rings is 1. The normalized spacial score (nSPS) is 10.9. The monoisotopic (exact) mass is 242 g/mol. The van der Waals surface area contributed by atoms with E-state index in [2.05, 4.69) is 9.97 Å². The van der Waals surface area contributed by atoms with Gasteiger partial charge in [-0.2, -0.15) is 0 Å². The number of carbonyl (C=O) groups is 1. The molecule has 0 unspecified atom stereocenters. The molecule has 3 aromatic rings. The molecule has 0 saturated carbocycles. The largest absolute Gasteiger partial charge is 0.335 e. The minimum atomic E-state index is -0.0474. The zero-order valence-electron chi connectivity index (χ0n) is 9.23. The lowest BCUT2D eigenvalue weighted by Crippen LogP contribution is -2.00. The molecule has 2 heterocycles. The lowest BCUT2D eigenvalue weighted by molar-refractivity contribution is 0.103. The number of rotatable bonds is 2. The van der Waals surface area contributed by atoms with Gasteiger partial charge in [-0.25, -0.2) is 4.98 Å². The summed E-state index contributed by atoms with van der Waals surface area (Å²) in [5, 5.41) is 1.89. The number of ketones is 1. The average molecular weight is 242 g/mol. The maximum Gasteiger partial charge on any atom is 0.238 e. The number of aromatic nitrogens is 2. The molecule has 1 N–H and O–H groups in total. The predicted octanol–water partition coefficient (Wildman–Crippen LogP) is 3.16. The van der Waals surface area contributed by atoms with Gasteiger partial charge in [-0.3, -0.25) is 4.79 Å². The Morgan fingerprint density at radius 1 is 1.35 bits per heavy atom. The first-order valence-electron chi connectivity index (χ1n) is 5.28. The third kappa shape index (κ3) is 1.76. The zero-order valence-corrected chi connectivity index (χ0v) is 10.0. The van der Waals surface area contributed by atoms with Crippen LogP contribution < -0.4 is 0 Å². The van der Waals surface area contributed by atoms with Crippen molar-refractivity contribution in [2.24, 2.45) is 0 Å². The summed E-state index contributed by atoms with van der Waals surface area (Å²) in [7, 11) is 0. The van der Waals surface area contributed by atoms with Crippen molar-refractivity contribution in [3.05, 3.63) is 52.0 Å². The van der Waals surface area contributed by atoms with Gasteiger partial charge < -0.3 is 4.98 Å². The molecule has 0 aliphatic heterocycles. The number of imidazole rings is 1. The molecule has 2 aromatic heterocycles. The summed E-state index contributed by atoms with van der Waals surface area (Å²) in [4.78, 5) is 20.2. The third-order valence-electron chi connectivity index (χ3n) is 2.60. The molecule has 0 atom stereocenters. The van der Waals surface area contributed by atoms with Crippen LogP contribution in [0.3, 0.4) is 0 Å². The van der Waals surface area contributed by atoms with Crippen LogP contribution in [-0.4, -0.2) is 15.8 Å². The van der Waals surface area contributed by atoms with E-state index in [0.29, 0.717) is 10.7 Å². The molecular formula is C13H10N2OS. The van der Waals surface area contributed by atoms with Gasteiger partial charge >= 0.3 is 0 Å². The number of carbonyl (C=O) groups excluding carboxylic acids is 1. The molecule has 84 valence electrons. The lowest BCUT2D eigenvalue weighted by atomic mass is 10.2. The summed E-state index contributed by atoms with van der Waals surface area (Å²) >= 11 is 1.43. The molecule has 0 radical (unpaired) electrons. The van der Waals surface area contributed by atoms with E-state index in [-0.39, 0.29) is 5.78 Å². The molecule has 0 amide bonds. The Morgan fingerprint density at radius 3 is 3.00 bits per heavy atom. The lowest BCUT2D eigenvalue weighted by Gasteiger charge is -1.90. The minimum Gasteiger partial charge on any atom is -0.335 e. The number of nitrogens with zero attached hydrogens (tertiary/aromatic N) is 1. The van der Waals surface area contributed by atoms with Gasteiger partial charge in [0.05, 0.1) is 15.9 Å². The van der Waals surface area contributed by atoms with Crippen molar-refractivity contribution in [1.29, 1.82) is 0 Å². The van der Waals surface area contributed by atoms with Crippen LogP contribution in [0.5, 0.6) is 0 Å². The third-order valence-corrected chi connectivity index (χ3v) is 3.47. The summed E-state index contributed by atoms with van der Waals surface area (Å²) in [5.41, 5.74) is 2.89. The summed E-state index contributed by atoms with van der Waals surface area (Å²) in [6.07, 6.45) is 0. The van der Waals surface area contributed by atoms with Crippen molar-refractivity contribution < 1.29 is 4.79 Å². The first kappa shape index (κ1) is 10.2. The predicted molar refractivity (Wildman–Crippen MR) is 68.6 cm³/mol. The van der Waals surface area contributed by atoms with E-state index in [1.54, 1.807) is 0 Å². The second-order valence-electron chi connectivity index (χ2n) is 3.91. The van der Waals surface area contributed by atoms with Crippen LogP contribution in [0.4, 0.5) is 0 Å². The van der Waals surface area contributed by atoms with Gasteiger partial charge in [-0.05, 0) is 36.1 Å². The molecule has 0 aliphatic rings. The van der Waals surface area contributed by atoms with E-state index in [0.717, 1.165) is 16.6 Å². The minimum absolute atomic E-state index is 0.0474. The first-order chi connectivity index (χ1) is 8.24. The summed E-state index contributed by atoms with van der Waals surface area (Å²) in [6.45, 7) is 2.01. The Bertz CT molecular complexity index is 683. The second kappa shape index (κ2) is 3.82. The highest BCUT2D eigenvalue weighted by molar-refractivity contribution is 7.12. The molecular weight excluding hydrogens is 232 g/mol. The van der Waals surface area contributed by atoms with Crippen LogP contribution in [-0.2, 0) is 0 Å². The van der Waals surface area contributed by atoms with Gasteiger partial charge in [0.2, 0.25) is 5.78 Å². The van der Waals surface area contributed by atoms with Gasteiger partial charge in [-0.1, -0.05) is 12.1 Å². The van der Waals surface area contributed by atoms with E-state index in [1.165, 1.54) is 11.3 Å². The summed E-state index contributed by atoms with van der Waals surface area (Å²) < 4.78 is 0. The molecule has 0 fully saturated rings. The quantitative estimate of drug-likeness (QED) is 0.701. The highest BCUT2D eigenvalue weighted by atomic mass is 32.1.